The van der Waals surface area contributed by atoms with Gasteiger partial charge in [0.2, 0.25) is 0 Å². The molecule has 0 aliphatic carbocycles. The predicted octanol–water partition coefficient (Wildman–Crippen LogP) is 6.41. The second kappa shape index (κ2) is 9.06. The van der Waals surface area contributed by atoms with Gasteiger partial charge >= 0.3 is 6.18 Å². The van der Waals surface area contributed by atoms with Crippen LogP contribution in [0.15, 0.2) is 73.1 Å². The van der Waals surface area contributed by atoms with Crippen LogP contribution in [0.25, 0.3) is 16.7 Å². The molecule has 0 amide bonds. The number of rotatable bonds is 5. The molecule has 1 aromatic heterocycles. The summed E-state index contributed by atoms with van der Waals surface area (Å²) >= 11 is 0. The second-order valence-electron chi connectivity index (χ2n) is 8.00. The summed E-state index contributed by atoms with van der Waals surface area (Å²) in [5.41, 5.74) is 6.28. The normalized spacial score (nSPS) is 15.0. The first-order chi connectivity index (χ1) is 14.9. The number of aromatic nitrogens is 1. The maximum Gasteiger partial charge on any atom is 0.416 e. The molecule has 3 aromatic rings. The maximum atomic E-state index is 12.8. The van der Waals surface area contributed by atoms with Crippen molar-refractivity contribution in [1.82, 2.24) is 9.88 Å². The lowest BCUT2D eigenvalue weighted by molar-refractivity contribution is -0.137. The molecular formula is C26H25F3N2. The second-order valence-corrected chi connectivity index (χ2v) is 8.00. The van der Waals surface area contributed by atoms with Crippen molar-refractivity contribution in [3.63, 3.8) is 0 Å². The van der Waals surface area contributed by atoms with Crippen LogP contribution in [0.5, 0.6) is 0 Å². The Hall–Kier alpha value is -2.92. The summed E-state index contributed by atoms with van der Waals surface area (Å²) in [6, 6.07) is 16.1. The van der Waals surface area contributed by atoms with Gasteiger partial charge < -0.3 is 0 Å². The number of alkyl halides is 3. The molecule has 0 atom stereocenters. The highest BCUT2D eigenvalue weighted by molar-refractivity contribution is 5.67. The summed E-state index contributed by atoms with van der Waals surface area (Å²) in [6.07, 6.45) is 3.33. The molecule has 0 spiro atoms. The van der Waals surface area contributed by atoms with Gasteiger partial charge in [-0.15, -0.1) is 0 Å². The van der Waals surface area contributed by atoms with Crippen molar-refractivity contribution in [3.8, 4) is 11.1 Å². The van der Waals surface area contributed by atoms with Crippen LogP contribution >= 0.6 is 0 Å². The highest BCUT2D eigenvalue weighted by Crippen LogP contribution is 2.31. The Balaban J connectivity index is 1.37. The molecule has 4 rings (SSSR count). The summed E-state index contributed by atoms with van der Waals surface area (Å²) in [6.45, 7) is 4.79. The van der Waals surface area contributed by atoms with E-state index in [9.17, 15) is 13.2 Å². The molecule has 2 nitrogen and oxygen atoms in total. The minimum atomic E-state index is -4.29. The highest BCUT2D eigenvalue weighted by atomic mass is 19.4. The zero-order valence-corrected chi connectivity index (χ0v) is 17.5. The van der Waals surface area contributed by atoms with Crippen LogP contribution in [-0.4, -0.2) is 29.5 Å². The van der Waals surface area contributed by atoms with E-state index >= 15 is 0 Å². The molecule has 0 fully saturated rings. The molecule has 0 bridgehead atoms. The number of halogens is 3. The first-order valence-corrected chi connectivity index (χ1v) is 10.5. The Morgan fingerprint density at radius 3 is 2.45 bits per heavy atom. The van der Waals surface area contributed by atoms with E-state index < -0.39 is 11.7 Å². The van der Waals surface area contributed by atoms with Gasteiger partial charge in [-0.3, -0.25) is 9.88 Å². The van der Waals surface area contributed by atoms with Gasteiger partial charge in [-0.25, -0.2) is 0 Å². The maximum absolute atomic E-state index is 12.8. The van der Waals surface area contributed by atoms with E-state index in [-0.39, 0.29) is 0 Å². The third-order valence-corrected chi connectivity index (χ3v) is 5.87. The van der Waals surface area contributed by atoms with Crippen molar-refractivity contribution in [2.45, 2.75) is 25.9 Å². The van der Waals surface area contributed by atoms with E-state index in [0.29, 0.717) is 0 Å². The van der Waals surface area contributed by atoms with Crippen LogP contribution in [0.4, 0.5) is 13.2 Å². The average Bonchev–Trinajstić information content (AvgIpc) is 2.79. The van der Waals surface area contributed by atoms with Crippen LogP contribution in [0.2, 0.25) is 0 Å². The molecule has 0 radical (unpaired) electrons. The van der Waals surface area contributed by atoms with Gasteiger partial charge in [0.05, 0.1) is 5.56 Å². The number of nitrogens with zero attached hydrogens (tertiary/aromatic N) is 2. The first kappa shape index (κ1) is 21.3. The van der Waals surface area contributed by atoms with E-state index in [1.807, 2.05) is 12.3 Å². The number of hydrogen-bond acceptors (Lipinski definition) is 2. The Bertz CT molecular complexity index is 1050. The Labute approximate surface area is 181 Å². The molecule has 0 N–H and O–H groups in total. The van der Waals surface area contributed by atoms with Gasteiger partial charge in [-0.1, -0.05) is 42.5 Å². The average molecular weight is 422 g/mol. The SMILES string of the molecule is Cc1ccc(CCN2CC=C(c3ccc(C(F)(F)F)cc3)CC2)cc1-c1cccnc1. The van der Waals surface area contributed by atoms with Crippen LogP contribution in [-0.2, 0) is 12.6 Å². The molecule has 0 saturated carbocycles. The van der Waals surface area contributed by atoms with Crippen molar-refractivity contribution in [2.75, 3.05) is 19.6 Å². The standard InChI is InChI=1S/C26H25F3N2/c1-19-4-5-20(17-25(19)23-3-2-13-30-18-23)10-14-31-15-11-22(12-16-31)21-6-8-24(9-7-21)26(27,28)29/h2-9,11,13,17-18H,10,12,14-16H2,1H3. The highest BCUT2D eigenvalue weighted by Gasteiger charge is 2.30. The minimum Gasteiger partial charge on any atom is -0.299 e. The van der Waals surface area contributed by atoms with Crippen LogP contribution in [0.1, 0.15) is 28.7 Å². The van der Waals surface area contributed by atoms with Gasteiger partial charge in [0.25, 0.3) is 0 Å². The molecule has 5 heteroatoms. The van der Waals surface area contributed by atoms with Crippen LogP contribution in [0, 0.1) is 6.92 Å². The van der Waals surface area contributed by atoms with E-state index in [0.717, 1.165) is 49.2 Å². The zero-order chi connectivity index (χ0) is 21.8. The fourth-order valence-electron chi connectivity index (χ4n) is 3.99. The Kier molecular flexibility index (Phi) is 6.23. The molecule has 0 saturated heterocycles. The smallest absolute Gasteiger partial charge is 0.299 e. The fraction of sp³-hybridized carbons (Fsp3) is 0.269. The summed E-state index contributed by atoms with van der Waals surface area (Å²) in [5.74, 6) is 0. The lowest BCUT2D eigenvalue weighted by atomic mass is 9.97. The third kappa shape index (κ3) is 5.23. The van der Waals surface area contributed by atoms with Crippen LogP contribution in [0.3, 0.4) is 0 Å². The molecule has 2 heterocycles. The number of pyridine rings is 1. The van der Waals surface area contributed by atoms with Crippen molar-refractivity contribution in [3.05, 3.63) is 95.3 Å². The topological polar surface area (TPSA) is 16.1 Å². The molecule has 0 unspecified atom stereocenters. The van der Waals surface area contributed by atoms with Gasteiger partial charge in [0, 0.05) is 37.6 Å². The molecule has 2 aromatic carbocycles. The van der Waals surface area contributed by atoms with Gasteiger partial charge in [-0.05, 0) is 65.8 Å². The van der Waals surface area contributed by atoms with Crippen molar-refractivity contribution < 1.29 is 13.2 Å². The molecule has 160 valence electrons. The van der Waals surface area contributed by atoms with Crippen molar-refractivity contribution in [1.29, 1.82) is 0 Å². The van der Waals surface area contributed by atoms with Gasteiger partial charge in [0.1, 0.15) is 0 Å². The van der Waals surface area contributed by atoms with Gasteiger partial charge in [-0.2, -0.15) is 13.2 Å². The van der Waals surface area contributed by atoms with E-state index in [2.05, 4.69) is 47.1 Å². The lowest BCUT2D eigenvalue weighted by Crippen LogP contribution is -2.30. The molecule has 1 aliphatic rings. The monoisotopic (exact) mass is 422 g/mol. The number of benzene rings is 2. The largest absolute Gasteiger partial charge is 0.416 e. The summed E-state index contributed by atoms with van der Waals surface area (Å²) in [7, 11) is 0. The molecular weight excluding hydrogens is 397 g/mol. The van der Waals surface area contributed by atoms with Crippen LogP contribution < -0.4 is 0 Å². The number of aryl methyl sites for hydroxylation is 1. The Morgan fingerprint density at radius 1 is 1.00 bits per heavy atom. The van der Waals surface area contributed by atoms with E-state index in [4.69, 9.17) is 0 Å². The van der Waals surface area contributed by atoms with E-state index in [1.54, 1.807) is 18.3 Å². The zero-order valence-electron chi connectivity index (χ0n) is 17.5. The Morgan fingerprint density at radius 2 is 1.81 bits per heavy atom. The number of hydrogen-bond donors (Lipinski definition) is 0. The molecule has 1 aliphatic heterocycles. The van der Waals surface area contributed by atoms with Crippen molar-refractivity contribution in [2.24, 2.45) is 0 Å². The lowest BCUT2D eigenvalue weighted by Gasteiger charge is -2.26. The fourth-order valence-corrected chi connectivity index (χ4v) is 3.99. The summed E-state index contributed by atoms with van der Waals surface area (Å²) < 4.78 is 38.3. The summed E-state index contributed by atoms with van der Waals surface area (Å²) in [4.78, 5) is 6.62. The summed E-state index contributed by atoms with van der Waals surface area (Å²) in [5, 5.41) is 0. The molecule has 31 heavy (non-hydrogen) atoms. The first-order valence-electron chi connectivity index (χ1n) is 10.5. The third-order valence-electron chi connectivity index (χ3n) is 5.87. The minimum absolute atomic E-state index is 0.599. The predicted molar refractivity (Wildman–Crippen MR) is 119 cm³/mol. The van der Waals surface area contributed by atoms with Gasteiger partial charge in [0.15, 0.2) is 0 Å². The van der Waals surface area contributed by atoms with Crippen molar-refractivity contribution >= 4 is 5.57 Å². The quantitative estimate of drug-likeness (QED) is 0.472. The van der Waals surface area contributed by atoms with E-state index in [1.165, 1.54) is 28.8 Å².